The second kappa shape index (κ2) is 4.20. The van der Waals surface area contributed by atoms with E-state index in [4.69, 9.17) is 0 Å². The number of rotatable bonds is 5. The number of hydrogen-bond donors (Lipinski definition) is 2. The fourth-order valence-electron chi connectivity index (χ4n) is 1.42. The quantitative estimate of drug-likeness (QED) is 0.806. The molecule has 0 aromatic carbocycles. The first-order valence-corrected chi connectivity index (χ1v) is 6.30. The second-order valence-electron chi connectivity index (χ2n) is 4.87. The Balaban J connectivity index is 1.78. The highest BCUT2D eigenvalue weighted by atomic mass is 32.1. The van der Waals surface area contributed by atoms with E-state index in [9.17, 15) is 5.11 Å². The van der Waals surface area contributed by atoms with Crippen molar-refractivity contribution in [2.45, 2.75) is 44.8 Å². The van der Waals surface area contributed by atoms with Crippen LogP contribution in [0.2, 0.25) is 0 Å². The molecule has 2 rings (SSSR count). The smallest absolute Gasteiger partial charge is 0.0959 e. The lowest BCUT2D eigenvalue weighted by Crippen LogP contribution is -2.34. The molecule has 0 bridgehead atoms. The van der Waals surface area contributed by atoms with Gasteiger partial charge in [0.15, 0.2) is 0 Å². The van der Waals surface area contributed by atoms with Crippen molar-refractivity contribution in [2.24, 2.45) is 0 Å². The Morgan fingerprint density at radius 2 is 2.33 bits per heavy atom. The van der Waals surface area contributed by atoms with E-state index in [1.54, 1.807) is 25.2 Å². The first kappa shape index (κ1) is 11.0. The minimum Gasteiger partial charge on any atom is -0.389 e. The third-order valence-electron chi connectivity index (χ3n) is 2.36. The van der Waals surface area contributed by atoms with Crippen LogP contribution in [0.3, 0.4) is 0 Å². The van der Waals surface area contributed by atoms with Gasteiger partial charge in [-0.05, 0) is 26.7 Å². The molecular formula is C11H18N2OS. The fraction of sp³-hybridized carbons (Fsp3) is 0.727. The van der Waals surface area contributed by atoms with Gasteiger partial charge in [-0.25, -0.2) is 4.98 Å². The van der Waals surface area contributed by atoms with E-state index >= 15 is 0 Å². The van der Waals surface area contributed by atoms with Gasteiger partial charge in [-0.3, -0.25) is 0 Å². The number of thiazole rings is 1. The van der Waals surface area contributed by atoms with Crippen LogP contribution >= 0.6 is 11.3 Å². The Kier molecular flexibility index (Phi) is 3.09. The van der Waals surface area contributed by atoms with Gasteiger partial charge in [0.25, 0.3) is 0 Å². The standard InChI is InChI=1S/C11H18N2OS/c1-11(2,14)7-12-5-9-6-15-10(13-9)8-3-4-8/h6,8,12,14H,3-5,7H2,1-2H3. The normalized spacial score (nSPS) is 17.0. The minimum atomic E-state index is -0.644. The molecule has 0 radical (unpaired) electrons. The molecule has 0 amide bonds. The van der Waals surface area contributed by atoms with E-state index in [1.807, 2.05) is 0 Å². The first-order valence-electron chi connectivity index (χ1n) is 5.42. The largest absolute Gasteiger partial charge is 0.389 e. The van der Waals surface area contributed by atoms with Gasteiger partial charge in [0.2, 0.25) is 0 Å². The molecule has 84 valence electrons. The number of hydrogen-bond acceptors (Lipinski definition) is 4. The molecule has 0 saturated heterocycles. The first-order chi connectivity index (χ1) is 7.04. The van der Waals surface area contributed by atoms with Crippen LogP contribution in [0.25, 0.3) is 0 Å². The van der Waals surface area contributed by atoms with Gasteiger partial charge in [-0.2, -0.15) is 0 Å². The molecule has 1 saturated carbocycles. The summed E-state index contributed by atoms with van der Waals surface area (Å²) in [5.41, 5.74) is 0.459. The van der Waals surface area contributed by atoms with Crippen molar-refractivity contribution in [2.75, 3.05) is 6.54 Å². The van der Waals surface area contributed by atoms with Gasteiger partial charge in [0, 0.05) is 24.4 Å². The maximum Gasteiger partial charge on any atom is 0.0959 e. The molecule has 4 heteroatoms. The van der Waals surface area contributed by atoms with Crippen molar-refractivity contribution < 1.29 is 5.11 Å². The second-order valence-corrected chi connectivity index (χ2v) is 5.76. The molecule has 1 aromatic rings. The summed E-state index contributed by atoms with van der Waals surface area (Å²) in [5, 5.41) is 16.1. The van der Waals surface area contributed by atoms with Crippen molar-refractivity contribution in [3.05, 3.63) is 16.1 Å². The molecule has 0 atom stereocenters. The number of nitrogens with zero attached hydrogens (tertiary/aromatic N) is 1. The van der Waals surface area contributed by atoms with Crippen LogP contribution in [-0.4, -0.2) is 22.2 Å². The summed E-state index contributed by atoms with van der Waals surface area (Å²) < 4.78 is 0. The average Bonchev–Trinajstić information content (AvgIpc) is 2.86. The fourth-order valence-corrected chi connectivity index (χ4v) is 2.41. The summed E-state index contributed by atoms with van der Waals surface area (Å²) in [6, 6.07) is 0. The SMILES string of the molecule is CC(C)(O)CNCc1csc(C2CC2)n1. The van der Waals surface area contributed by atoms with Gasteiger partial charge in [0.1, 0.15) is 0 Å². The zero-order chi connectivity index (χ0) is 10.9. The Labute approximate surface area is 94.5 Å². The molecule has 1 aliphatic rings. The average molecular weight is 226 g/mol. The summed E-state index contributed by atoms with van der Waals surface area (Å²) in [6.45, 7) is 4.96. The van der Waals surface area contributed by atoms with Crippen LogP contribution in [0.5, 0.6) is 0 Å². The third kappa shape index (κ3) is 3.55. The zero-order valence-electron chi connectivity index (χ0n) is 9.29. The summed E-state index contributed by atoms with van der Waals surface area (Å²) in [7, 11) is 0. The van der Waals surface area contributed by atoms with Crippen LogP contribution in [0.15, 0.2) is 5.38 Å². The van der Waals surface area contributed by atoms with E-state index < -0.39 is 5.60 Å². The molecule has 3 nitrogen and oxygen atoms in total. The van der Waals surface area contributed by atoms with E-state index in [1.165, 1.54) is 17.8 Å². The number of aromatic nitrogens is 1. The van der Waals surface area contributed by atoms with Gasteiger partial charge in [-0.15, -0.1) is 11.3 Å². The highest BCUT2D eigenvalue weighted by Crippen LogP contribution is 2.41. The molecule has 1 aliphatic carbocycles. The van der Waals surface area contributed by atoms with Crippen LogP contribution in [0, 0.1) is 0 Å². The van der Waals surface area contributed by atoms with Crippen LogP contribution in [0.1, 0.15) is 43.3 Å². The number of nitrogens with one attached hydrogen (secondary N) is 1. The van der Waals surface area contributed by atoms with Crippen molar-refractivity contribution in [3.63, 3.8) is 0 Å². The van der Waals surface area contributed by atoms with Crippen molar-refractivity contribution in [1.29, 1.82) is 0 Å². The van der Waals surface area contributed by atoms with Crippen LogP contribution in [-0.2, 0) is 6.54 Å². The van der Waals surface area contributed by atoms with Crippen molar-refractivity contribution >= 4 is 11.3 Å². The summed E-state index contributed by atoms with van der Waals surface area (Å²) in [4.78, 5) is 4.57. The van der Waals surface area contributed by atoms with Crippen LogP contribution < -0.4 is 5.32 Å². The summed E-state index contributed by atoms with van der Waals surface area (Å²) in [6.07, 6.45) is 2.62. The Morgan fingerprint density at radius 1 is 1.60 bits per heavy atom. The molecule has 0 spiro atoms. The predicted molar refractivity (Wildman–Crippen MR) is 62.1 cm³/mol. The Morgan fingerprint density at radius 3 is 2.93 bits per heavy atom. The molecular weight excluding hydrogens is 208 g/mol. The van der Waals surface area contributed by atoms with Crippen molar-refractivity contribution in [3.8, 4) is 0 Å². The lowest BCUT2D eigenvalue weighted by Gasteiger charge is -2.16. The van der Waals surface area contributed by atoms with E-state index in [-0.39, 0.29) is 0 Å². The molecule has 2 N–H and O–H groups in total. The van der Waals surface area contributed by atoms with E-state index in [2.05, 4.69) is 15.7 Å². The molecule has 0 aliphatic heterocycles. The zero-order valence-corrected chi connectivity index (χ0v) is 10.1. The lowest BCUT2D eigenvalue weighted by atomic mass is 10.1. The molecule has 1 aromatic heterocycles. The highest BCUT2D eigenvalue weighted by Gasteiger charge is 2.26. The summed E-state index contributed by atoms with van der Waals surface area (Å²) in [5.74, 6) is 0.748. The maximum absolute atomic E-state index is 9.52. The Bertz CT molecular complexity index is 326. The van der Waals surface area contributed by atoms with Gasteiger partial charge in [-0.1, -0.05) is 0 Å². The van der Waals surface area contributed by atoms with Gasteiger partial charge >= 0.3 is 0 Å². The topological polar surface area (TPSA) is 45.1 Å². The van der Waals surface area contributed by atoms with Crippen molar-refractivity contribution in [1.82, 2.24) is 10.3 Å². The highest BCUT2D eigenvalue weighted by molar-refractivity contribution is 7.09. The Hall–Kier alpha value is -0.450. The molecule has 1 fully saturated rings. The lowest BCUT2D eigenvalue weighted by molar-refractivity contribution is 0.0794. The summed E-state index contributed by atoms with van der Waals surface area (Å²) >= 11 is 1.76. The number of aliphatic hydroxyl groups is 1. The predicted octanol–water partition coefficient (Wildman–Crippen LogP) is 1.88. The molecule has 15 heavy (non-hydrogen) atoms. The van der Waals surface area contributed by atoms with E-state index in [0.717, 1.165) is 18.2 Å². The third-order valence-corrected chi connectivity index (χ3v) is 3.42. The van der Waals surface area contributed by atoms with Crippen LogP contribution in [0.4, 0.5) is 0 Å². The van der Waals surface area contributed by atoms with Gasteiger partial charge in [0.05, 0.1) is 16.3 Å². The van der Waals surface area contributed by atoms with E-state index in [0.29, 0.717) is 6.54 Å². The minimum absolute atomic E-state index is 0.600. The molecule has 1 heterocycles. The van der Waals surface area contributed by atoms with Gasteiger partial charge < -0.3 is 10.4 Å². The monoisotopic (exact) mass is 226 g/mol. The maximum atomic E-state index is 9.52. The molecule has 0 unspecified atom stereocenters.